The first-order valence-electron chi connectivity index (χ1n) is 12.7. The topological polar surface area (TPSA) is 91.1 Å². The Kier molecular flexibility index (Phi) is 6.00. The van der Waals surface area contributed by atoms with Gasteiger partial charge in [0.05, 0.1) is 22.4 Å². The van der Waals surface area contributed by atoms with E-state index in [0.717, 1.165) is 36.2 Å². The number of H-pyrrole nitrogens is 1. The van der Waals surface area contributed by atoms with Crippen LogP contribution in [-0.2, 0) is 7.05 Å². The fraction of sp³-hybridized carbons (Fsp3) is 0.241. The third-order valence-corrected chi connectivity index (χ3v) is 7.60. The summed E-state index contributed by atoms with van der Waals surface area (Å²) in [5, 5.41) is 23.5. The summed E-state index contributed by atoms with van der Waals surface area (Å²) in [7, 11) is 1.66. The number of phenols is 1. The number of aromatic nitrogens is 4. The van der Waals surface area contributed by atoms with Crippen molar-refractivity contribution in [2.75, 3.05) is 24.5 Å². The van der Waals surface area contributed by atoms with Crippen LogP contribution in [0.15, 0.2) is 65.8 Å². The molecular formula is C29H28ClFN6O2. The Morgan fingerprint density at radius 1 is 1.05 bits per heavy atom. The SMILES string of the molecule is Cn1ccn(-c2ccc(-c3cc(F)cc(-c4cc(N5CCNC(C)(C)C5)c5cn[nH]c5c4)c3O)cc2Cl)c1=O. The summed E-state index contributed by atoms with van der Waals surface area (Å²) in [6.45, 7) is 6.74. The van der Waals surface area contributed by atoms with Gasteiger partial charge in [-0.05, 0) is 61.4 Å². The molecule has 39 heavy (non-hydrogen) atoms. The number of aryl methyl sites for hydroxylation is 1. The van der Waals surface area contributed by atoms with E-state index in [2.05, 4.69) is 34.3 Å². The number of imidazole rings is 1. The summed E-state index contributed by atoms with van der Waals surface area (Å²) in [6, 6.07) is 11.5. The van der Waals surface area contributed by atoms with Crippen LogP contribution in [0.5, 0.6) is 5.75 Å². The molecule has 3 aromatic carbocycles. The van der Waals surface area contributed by atoms with Gasteiger partial charge in [0.1, 0.15) is 11.6 Å². The fourth-order valence-corrected chi connectivity index (χ4v) is 5.62. The molecule has 1 aliphatic heterocycles. The van der Waals surface area contributed by atoms with Gasteiger partial charge in [-0.15, -0.1) is 0 Å². The average molecular weight is 547 g/mol. The molecule has 0 saturated carbocycles. The largest absolute Gasteiger partial charge is 0.507 e. The van der Waals surface area contributed by atoms with Gasteiger partial charge in [0.25, 0.3) is 0 Å². The summed E-state index contributed by atoms with van der Waals surface area (Å²) < 4.78 is 17.9. The second kappa shape index (κ2) is 9.29. The van der Waals surface area contributed by atoms with Gasteiger partial charge in [-0.1, -0.05) is 17.7 Å². The van der Waals surface area contributed by atoms with Gasteiger partial charge >= 0.3 is 5.69 Å². The van der Waals surface area contributed by atoms with Crippen molar-refractivity contribution in [2.24, 2.45) is 7.05 Å². The Hall–Kier alpha value is -4.08. The monoisotopic (exact) mass is 546 g/mol. The highest BCUT2D eigenvalue weighted by Crippen LogP contribution is 2.42. The predicted octanol–water partition coefficient (Wildman–Crippen LogP) is 5.07. The molecule has 8 nitrogen and oxygen atoms in total. The minimum atomic E-state index is -0.494. The molecular weight excluding hydrogens is 519 g/mol. The van der Waals surface area contributed by atoms with Crippen molar-refractivity contribution in [3.63, 3.8) is 0 Å². The van der Waals surface area contributed by atoms with E-state index < -0.39 is 5.82 Å². The predicted molar refractivity (Wildman–Crippen MR) is 152 cm³/mol. The number of aromatic hydroxyl groups is 1. The molecule has 3 N–H and O–H groups in total. The third kappa shape index (κ3) is 4.47. The highest BCUT2D eigenvalue weighted by Gasteiger charge is 2.27. The quantitative estimate of drug-likeness (QED) is 0.293. The Bertz CT molecular complexity index is 1790. The molecule has 1 fully saturated rings. The number of halogens is 2. The van der Waals surface area contributed by atoms with Crippen LogP contribution >= 0.6 is 11.6 Å². The van der Waals surface area contributed by atoms with Crippen molar-refractivity contribution in [3.8, 4) is 33.7 Å². The van der Waals surface area contributed by atoms with E-state index in [1.807, 2.05) is 12.1 Å². The molecule has 0 amide bonds. The average Bonchev–Trinajstić information content (AvgIpc) is 3.50. The second-order valence-corrected chi connectivity index (χ2v) is 11.0. The molecule has 0 bridgehead atoms. The molecule has 0 aliphatic carbocycles. The Morgan fingerprint density at radius 3 is 2.51 bits per heavy atom. The fourth-order valence-electron chi connectivity index (χ4n) is 5.35. The summed E-state index contributed by atoms with van der Waals surface area (Å²) in [5.74, 6) is -0.561. The molecule has 1 saturated heterocycles. The summed E-state index contributed by atoms with van der Waals surface area (Å²) in [5.41, 5.74) is 3.79. The number of rotatable bonds is 4. The first-order valence-corrected chi connectivity index (χ1v) is 13.0. The van der Waals surface area contributed by atoms with Gasteiger partial charge in [0, 0.05) is 66.8 Å². The number of benzene rings is 3. The second-order valence-electron chi connectivity index (χ2n) is 10.6. The van der Waals surface area contributed by atoms with Gasteiger partial charge in [-0.3, -0.25) is 9.67 Å². The number of aromatic amines is 1. The van der Waals surface area contributed by atoms with Crippen LogP contribution in [0.4, 0.5) is 10.1 Å². The lowest BCUT2D eigenvalue weighted by atomic mass is 9.95. The molecule has 3 heterocycles. The Labute approximate surface area is 229 Å². The number of hydrogen-bond acceptors (Lipinski definition) is 5. The van der Waals surface area contributed by atoms with Crippen LogP contribution in [-0.4, -0.2) is 49.6 Å². The molecule has 1 aliphatic rings. The summed E-state index contributed by atoms with van der Waals surface area (Å²) in [6.07, 6.45) is 5.06. The molecule has 0 unspecified atom stereocenters. The van der Waals surface area contributed by atoms with Crippen molar-refractivity contribution in [3.05, 3.63) is 82.4 Å². The molecule has 2 aromatic heterocycles. The van der Waals surface area contributed by atoms with Gasteiger partial charge in [0.15, 0.2) is 0 Å². The molecule has 10 heteroatoms. The van der Waals surface area contributed by atoms with Gasteiger partial charge in [0.2, 0.25) is 0 Å². The van der Waals surface area contributed by atoms with Crippen molar-refractivity contribution in [2.45, 2.75) is 19.4 Å². The van der Waals surface area contributed by atoms with Crippen LogP contribution < -0.4 is 15.9 Å². The maximum Gasteiger partial charge on any atom is 0.332 e. The Balaban J connectivity index is 1.46. The van der Waals surface area contributed by atoms with Crippen LogP contribution in [0.1, 0.15) is 13.8 Å². The maximum absolute atomic E-state index is 15.1. The molecule has 0 atom stereocenters. The number of fused-ring (bicyclic) bond motifs is 1. The normalized spacial score (nSPS) is 15.3. The standard InChI is InChI=1S/C29H28ClFN6O2/c1-29(2)16-36(7-6-32-29)26-12-18(11-24-22(26)15-33-34-24)21-14-19(31)13-20(27(21)38)17-4-5-25(23(30)10-17)37-9-8-35(3)28(37)39/h4-5,8-15,32,38H,6-7,16H2,1-3H3,(H,33,34). The number of hydrogen-bond donors (Lipinski definition) is 3. The number of anilines is 1. The highest BCUT2D eigenvalue weighted by molar-refractivity contribution is 6.32. The zero-order chi connectivity index (χ0) is 27.5. The third-order valence-electron chi connectivity index (χ3n) is 7.30. The summed E-state index contributed by atoms with van der Waals surface area (Å²) in [4.78, 5) is 14.7. The van der Waals surface area contributed by atoms with E-state index in [1.165, 1.54) is 21.3 Å². The lowest BCUT2D eigenvalue weighted by molar-refractivity contribution is 0.353. The molecule has 5 aromatic rings. The van der Waals surface area contributed by atoms with Crippen LogP contribution in [0.25, 0.3) is 38.8 Å². The smallest absolute Gasteiger partial charge is 0.332 e. The first kappa shape index (κ1) is 25.2. The summed E-state index contributed by atoms with van der Waals surface area (Å²) >= 11 is 6.56. The van der Waals surface area contributed by atoms with E-state index in [-0.39, 0.29) is 17.0 Å². The van der Waals surface area contributed by atoms with Crippen molar-refractivity contribution in [1.29, 1.82) is 0 Å². The molecule has 0 spiro atoms. The number of nitrogens with one attached hydrogen (secondary N) is 2. The molecule has 6 rings (SSSR count). The van der Waals surface area contributed by atoms with Crippen molar-refractivity contribution < 1.29 is 9.50 Å². The van der Waals surface area contributed by atoms with Gasteiger partial charge < -0.3 is 19.9 Å². The van der Waals surface area contributed by atoms with E-state index in [1.54, 1.807) is 43.8 Å². The minimum Gasteiger partial charge on any atom is -0.507 e. The Morgan fingerprint density at radius 2 is 1.82 bits per heavy atom. The van der Waals surface area contributed by atoms with E-state index in [9.17, 15) is 9.90 Å². The van der Waals surface area contributed by atoms with Crippen LogP contribution in [0.3, 0.4) is 0 Å². The molecule has 0 radical (unpaired) electrons. The number of piperazine rings is 1. The zero-order valence-electron chi connectivity index (χ0n) is 21.8. The van der Waals surface area contributed by atoms with E-state index in [0.29, 0.717) is 33.0 Å². The lowest BCUT2D eigenvalue weighted by Gasteiger charge is -2.40. The minimum absolute atomic E-state index is 0.0671. The van der Waals surface area contributed by atoms with Crippen LogP contribution in [0, 0.1) is 5.82 Å². The van der Waals surface area contributed by atoms with Crippen LogP contribution in [0.2, 0.25) is 5.02 Å². The van der Waals surface area contributed by atoms with E-state index >= 15 is 4.39 Å². The number of phenolic OH excluding ortho intramolecular Hbond substituents is 1. The van der Waals surface area contributed by atoms with Gasteiger partial charge in [-0.2, -0.15) is 5.10 Å². The maximum atomic E-state index is 15.1. The van der Waals surface area contributed by atoms with Crippen molar-refractivity contribution >= 4 is 28.2 Å². The van der Waals surface area contributed by atoms with Crippen molar-refractivity contribution in [1.82, 2.24) is 24.6 Å². The first-order chi connectivity index (χ1) is 18.6. The van der Waals surface area contributed by atoms with Gasteiger partial charge in [-0.25, -0.2) is 9.18 Å². The lowest BCUT2D eigenvalue weighted by Crippen LogP contribution is -2.57. The zero-order valence-corrected chi connectivity index (χ0v) is 22.6. The molecule has 200 valence electrons. The number of nitrogens with zero attached hydrogens (tertiary/aromatic N) is 4. The highest BCUT2D eigenvalue weighted by atomic mass is 35.5. The van der Waals surface area contributed by atoms with E-state index in [4.69, 9.17) is 11.6 Å².